The number of fused-ring (bicyclic) bond motifs is 1. The van der Waals surface area contributed by atoms with Crippen LogP contribution in [0.4, 0.5) is 11.5 Å². The second kappa shape index (κ2) is 8.84. The topological polar surface area (TPSA) is 109 Å². The van der Waals surface area contributed by atoms with Gasteiger partial charge >= 0.3 is 5.97 Å². The van der Waals surface area contributed by atoms with Gasteiger partial charge in [-0.3, -0.25) is 9.52 Å². The van der Waals surface area contributed by atoms with Gasteiger partial charge < -0.3 is 14.7 Å². The van der Waals surface area contributed by atoms with Crippen LogP contribution in [-0.4, -0.2) is 49.4 Å². The van der Waals surface area contributed by atoms with Gasteiger partial charge in [0.25, 0.3) is 0 Å². The number of carboxylic acids is 1. The van der Waals surface area contributed by atoms with E-state index in [0.29, 0.717) is 55.8 Å². The number of hydrogen-bond donors (Lipinski definition) is 2. The molecule has 172 valence electrons. The molecule has 8 nitrogen and oxygen atoms in total. The number of rotatable bonds is 9. The van der Waals surface area contributed by atoms with Crippen molar-refractivity contribution in [3.8, 4) is 5.88 Å². The fourth-order valence-corrected chi connectivity index (χ4v) is 6.46. The Morgan fingerprint density at radius 1 is 1.23 bits per heavy atom. The van der Waals surface area contributed by atoms with E-state index in [9.17, 15) is 18.3 Å². The Morgan fingerprint density at radius 2 is 1.90 bits per heavy atom. The van der Waals surface area contributed by atoms with Crippen LogP contribution in [0.15, 0.2) is 12.1 Å². The number of carbonyl (C=O) groups is 1. The highest BCUT2D eigenvalue weighted by molar-refractivity contribution is 7.93. The lowest BCUT2D eigenvalue weighted by molar-refractivity contribution is -0.139. The molecule has 2 saturated carbocycles. The lowest BCUT2D eigenvalue weighted by Crippen LogP contribution is -2.30. The van der Waals surface area contributed by atoms with Crippen LogP contribution in [0, 0.1) is 23.7 Å². The summed E-state index contributed by atoms with van der Waals surface area (Å²) in [5, 5.41) is 8.86. The quantitative estimate of drug-likeness (QED) is 0.593. The van der Waals surface area contributed by atoms with Crippen molar-refractivity contribution in [2.75, 3.05) is 29.3 Å². The van der Waals surface area contributed by atoms with Gasteiger partial charge in [0.1, 0.15) is 11.5 Å². The first-order valence-corrected chi connectivity index (χ1v) is 12.9. The van der Waals surface area contributed by atoms with E-state index in [-0.39, 0.29) is 23.0 Å². The number of aliphatic carboxylic acids is 1. The Hall–Kier alpha value is -2.03. The predicted molar refractivity (Wildman–Crippen MR) is 119 cm³/mol. The number of nitrogens with one attached hydrogen (secondary N) is 1. The zero-order valence-corrected chi connectivity index (χ0v) is 19.1. The minimum absolute atomic E-state index is 0.175. The molecule has 3 atom stereocenters. The number of ether oxygens (including phenoxy) is 1. The van der Waals surface area contributed by atoms with Crippen molar-refractivity contribution < 1.29 is 23.1 Å². The molecule has 0 amide bonds. The fraction of sp³-hybridized carbons (Fsp3) is 0.727. The number of pyridine rings is 1. The SMILES string of the molecule is CC(C)CCOc1nc(N2C[C@@H]3C(C(=O)O)[C@@H]3C2)ccc1NS(=O)(=O)C1CCCCC1. The zero-order valence-electron chi connectivity index (χ0n) is 18.3. The standard InChI is InChI=1S/C22H33N3O5S/c1-14(2)10-11-30-21-18(24-31(28,29)15-6-4-3-5-7-15)8-9-19(23-21)25-12-16-17(13-25)20(16)22(26)27/h8-9,14-17,20,24H,3-7,10-13H2,1-2H3,(H,26,27)/t16-,17+,20?. The molecule has 0 bridgehead atoms. The minimum atomic E-state index is -3.50. The number of nitrogens with zero attached hydrogens (tertiary/aromatic N) is 2. The maximum Gasteiger partial charge on any atom is 0.307 e. The minimum Gasteiger partial charge on any atom is -0.481 e. The van der Waals surface area contributed by atoms with E-state index in [0.717, 1.165) is 25.7 Å². The lowest BCUT2D eigenvalue weighted by Gasteiger charge is -2.24. The maximum atomic E-state index is 12.9. The molecule has 1 aliphatic heterocycles. The Kier molecular flexibility index (Phi) is 6.32. The summed E-state index contributed by atoms with van der Waals surface area (Å²) < 4.78 is 34.5. The zero-order chi connectivity index (χ0) is 22.2. The van der Waals surface area contributed by atoms with Gasteiger partial charge in [-0.1, -0.05) is 33.1 Å². The summed E-state index contributed by atoms with van der Waals surface area (Å²) in [5.41, 5.74) is 0.380. The molecular weight excluding hydrogens is 418 g/mol. The maximum absolute atomic E-state index is 12.9. The summed E-state index contributed by atoms with van der Waals surface area (Å²) in [6.45, 7) is 5.99. The summed E-state index contributed by atoms with van der Waals surface area (Å²) in [6, 6.07) is 3.53. The molecule has 3 fully saturated rings. The molecule has 1 unspecified atom stereocenters. The molecule has 2 aliphatic carbocycles. The third-order valence-corrected chi connectivity index (χ3v) is 8.68. The van der Waals surface area contributed by atoms with Crippen molar-refractivity contribution in [3.63, 3.8) is 0 Å². The second-order valence-electron chi connectivity index (χ2n) is 9.56. The smallest absolute Gasteiger partial charge is 0.307 e. The van der Waals surface area contributed by atoms with Gasteiger partial charge in [0, 0.05) is 13.1 Å². The molecular formula is C22H33N3O5S. The average Bonchev–Trinajstić information content (AvgIpc) is 3.24. The lowest BCUT2D eigenvalue weighted by atomic mass is 10.0. The molecule has 2 heterocycles. The Bertz CT molecular complexity index is 902. The summed E-state index contributed by atoms with van der Waals surface area (Å²) >= 11 is 0. The summed E-state index contributed by atoms with van der Waals surface area (Å²) in [5.74, 6) is 0.865. The molecule has 0 spiro atoms. The number of sulfonamides is 1. The average molecular weight is 452 g/mol. The highest BCUT2D eigenvalue weighted by atomic mass is 32.2. The molecule has 4 rings (SSSR count). The third kappa shape index (κ3) is 4.91. The van der Waals surface area contributed by atoms with Crippen LogP contribution < -0.4 is 14.4 Å². The van der Waals surface area contributed by atoms with E-state index in [1.165, 1.54) is 0 Å². The largest absolute Gasteiger partial charge is 0.481 e. The molecule has 31 heavy (non-hydrogen) atoms. The van der Waals surface area contributed by atoms with Crippen LogP contribution >= 0.6 is 0 Å². The Morgan fingerprint density at radius 3 is 2.52 bits per heavy atom. The van der Waals surface area contributed by atoms with E-state index in [1.54, 1.807) is 12.1 Å². The fourth-order valence-electron chi connectivity index (χ4n) is 4.88. The monoisotopic (exact) mass is 451 g/mol. The van der Waals surface area contributed by atoms with Gasteiger partial charge in [0.05, 0.1) is 17.8 Å². The number of hydrogen-bond acceptors (Lipinski definition) is 6. The van der Waals surface area contributed by atoms with Gasteiger partial charge in [0.2, 0.25) is 15.9 Å². The predicted octanol–water partition coefficient (Wildman–Crippen LogP) is 3.35. The van der Waals surface area contributed by atoms with Gasteiger partial charge in [-0.25, -0.2) is 8.42 Å². The highest BCUT2D eigenvalue weighted by Gasteiger charge is 2.60. The molecule has 0 aromatic carbocycles. The Balaban J connectivity index is 1.50. The summed E-state index contributed by atoms with van der Waals surface area (Å²) in [4.78, 5) is 17.9. The number of carboxylic acid groups (broad SMARTS) is 1. The van der Waals surface area contributed by atoms with E-state index < -0.39 is 16.0 Å². The van der Waals surface area contributed by atoms with Crippen molar-refractivity contribution in [1.29, 1.82) is 0 Å². The first kappa shape index (κ1) is 22.2. The van der Waals surface area contributed by atoms with Crippen LogP contribution in [0.3, 0.4) is 0 Å². The number of aromatic nitrogens is 1. The molecule has 0 radical (unpaired) electrons. The van der Waals surface area contributed by atoms with Crippen LogP contribution in [0.2, 0.25) is 0 Å². The van der Waals surface area contributed by atoms with Gasteiger partial charge in [-0.05, 0) is 49.1 Å². The first-order valence-electron chi connectivity index (χ1n) is 11.4. The van der Waals surface area contributed by atoms with Gasteiger partial charge in [0.15, 0.2) is 0 Å². The highest BCUT2D eigenvalue weighted by Crippen LogP contribution is 2.52. The van der Waals surface area contributed by atoms with Gasteiger partial charge in [-0.15, -0.1) is 0 Å². The van der Waals surface area contributed by atoms with Crippen molar-refractivity contribution in [2.45, 2.75) is 57.6 Å². The first-order chi connectivity index (χ1) is 14.8. The number of anilines is 2. The Labute approximate surface area is 184 Å². The van der Waals surface area contributed by atoms with Crippen LogP contribution in [0.25, 0.3) is 0 Å². The normalized spacial score (nSPS) is 26.0. The molecule has 3 aliphatic rings. The van der Waals surface area contributed by atoms with Crippen molar-refractivity contribution in [2.24, 2.45) is 23.7 Å². The molecule has 1 aromatic rings. The van der Waals surface area contributed by atoms with Gasteiger partial charge in [-0.2, -0.15) is 4.98 Å². The summed E-state index contributed by atoms with van der Waals surface area (Å²) in [7, 11) is -3.50. The molecule has 2 N–H and O–H groups in total. The van der Waals surface area contributed by atoms with Crippen molar-refractivity contribution in [1.82, 2.24) is 4.98 Å². The van der Waals surface area contributed by atoms with Crippen LogP contribution in [0.1, 0.15) is 52.4 Å². The van der Waals surface area contributed by atoms with Crippen molar-refractivity contribution in [3.05, 3.63) is 12.1 Å². The molecule has 1 saturated heterocycles. The number of piperidine rings is 1. The summed E-state index contributed by atoms with van der Waals surface area (Å²) in [6.07, 6.45) is 5.18. The molecule has 1 aromatic heterocycles. The van der Waals surface area contributed by atoms with E-state index in [4.69, 9.17) is 4.74 Å². The van der Waals surface area contributed by atoms with Crippen molar-refractivity contribution >= 4 is 27.5 Å². The second-order valence-corrected chi connectivity index (χ2v) is 11.5. The molecule has 9 heteroatoms. The van der Waals surface area contributed by atoms with E-state index in [2.05, 4.69) is 28.5 Å². The van der Waals surface area contributed by atoms with E-state index >= 15 is 0 Å². The van der Waals surface area contributed by atoms with E-state index in [1.807, 2.05) is 0 Å². The van der Waals surface area contributed by atoms with Crippen LogP contribution in [-0.2, 0) is 14.8 Å². The van der Waals surface area contributed by atoms with Crippen LogP contribution in [0.5, 0.6) is 5.88 Å². The third-order valence-electron chi connectivity index (χ3n) is 6.83.